The molecule has 0 radical (unpaired) electrons. The van der Waals surface area contributed by atoms with E-state index in [0.29, 0.717) is 5.69 Å². The predicted molar refractivity (Wildman–Crippen MR) is 85.8 cm³/mol. The smallest absolute Gasteiger partial charge is 0.294 e. The van der Waals surface area contributed by atoms with Gasteiger partial charge in [-0.3, -0.25) is 4.79 Å². The molecule has 0 bridgehead atoms. The highest BCUT2D eigenvalue weighted by Crippen LogP contribution is 2.20. The van der Waals surface area contributed by atoms with E-state index in [4.69, 9.17) is 4.52 Å². The molecular weight excluding hydrogens is 276 g/mol. The molecular formula is C18H16N2O2. The lowest BCUT2D eigenvalue weighted by Crippen LogP contribution is -2.10. The molecule has 2 aromatic carbocycles. The molecule has 1 aromatic heterocycles. The fourth-order valence-corrected chi connectivity index (χ4v) is 2.16. The van der Waals surface area contributed by atoms with Crippen LogP contribution in [-0.4, -0.2) is 11.1 Å². The monoisotopic (exact) mass is 292 g/mol. The largest absolute Gasteiger partial charge is 0.350 e. The molecule has 4 nitrogen and oxygen atoms in total. The number of aromatic nitrogens is 1. The maximum absolute atomic E-state index is 12.2. The number of hydrogen-bond donors (Lipinski definition) is 1. The highest BCUT2D eigenvalue weighted by molar-refractivity contribution is 6.02. The van der Waals surface area contributed by atoms with Crippen molar-refractivity contribution >= 4 is 11.6 Å². The van der Waals surface area contributed by atoms with Crippen LogP contribution in [0.4, 0.5) is 5.69 Å². The van der Waals surface area contributed by atoms with Gasteiger partial charge in [-0.1, -0.05) is 47.1 Å². The van der Waals surface area contributed by atoms with Gasteiger partial charge in [0, 0.05) is 17.3 Å². The van der Waals surface area contributed by atoms with Crippen LogP contribution in [0.5, 0.6) is 0 Å². The molecule has 1 amide bonds. The van der Waals surface area contributed by atoms with Gasteiger partial charge in [-0.05, 0) is 31.5 Å². The third-order valence-corrected chi connectivity index (χ3v) is 3.36. The molecule has 110 valence electrons. The first-order chi connectivity index (χ1) is 10.6. The molecule has 0 fully saturated rings. The molecule has 4 heteroatoms. The Labute approximate surface area is 128 Å². The Hall–Kier alpha value is -2.88. The molecule has 1 heterocycles. The van der Waals surface area contributed by atoms with Gasteiger partial charge < -0.3 is 9.84 Å². The fourth-order valence-electron chi connectivity index (χ4n) is 2.16. The molecule has 0 saturated carbocycles. The van der Waals surface area contributed by atoms with Gasteiger partial charge in [0.25, 0.3) is 5.91 Å². The van der Waals surface area contributed by atoms with Crippen LogP contribution in [0.1, 0.15) is 21.7 Å². The zero-order valence-corrected chi connectivity index (χ0v) is 12.5. The number of hydrogen-bond acceptors (Lipinski definition) is 3. The summed E-state index contributed by atoms with van der Waals surface area (Å²) in [6.45, 7) is 3.99. The standard InChI is InChI=1S/C18H16N2O2/c1-12-6-8-14(9-7-12)16-11-17(22-20-16)18(21)19-15-5-3-4-13(2)10-15/h3-11H,1-2H3,(H,19,21). The van der Waals surface area contributed by atoms with Crippen LogP contribution in [0.2, 0.25) is 0 Å². The maximum atomic E-state index is 12.2. The van der Waals surface area contributed by atoms with E-state index in [1.807, 2.05) is 62.4 Å². The summed E-state index contributed by atoms with van der Waals surface area (Å²) < 4.78 is 5.15. The van der Waals surface area contributed by atoms with Gasteiger partial charge in [0.15, 0.2) is 0 Å². The number of nitrogens with one attached hydrogen (secondary N) is 1. The molecule has 0 atom stereocenters. The number of carbonyl (C=O) groups excluding carboxylic acids is 1. The van der Waals surface area contributed by atoms with E-state index in [1.165, 1.54) is 5.56 Å². The predicted octanol–water partition coefficient (Wildman–Crippen LogP) is 4.21. The first-order valence-electron chi connectivity index (χ1n) is 7.03. The van der Waals surface area contributed by atoms with Gasteiger partial charge in [-0.25, -0.2) is 0 Å². The Morgan fingerprint density at radius 3 is 2.50 bits per heavy atom. The number of benzene rings is 2. The number of anilines is 1. The molecule has 0 unspecified atom stereocenters. The fraction of sp³-hybridized carbons (Fsp3) is 0.111. The molecule has 0 saturated heterocycles. The second-order valence-corrected chi connectivity index (χ2v) is 5.27. The molecule has 3 aromatic rings. The molecule has 0 aliphatic carbocycles. The minimum Gasteiger partial charge on any atom is -0.350 e. The lowest BCUT2D eigenvalue weighted by atomic mass is 10.1. The Morgan fingerprint density at radius 1 is 1.00 bits per heavy atom. The van der Waals surface area contributed by atoms with Gasteiger partial charge in [0.1, 0.15) is 5.69 Å². The van der Waals surface area contributed by atoms with Crippen molar-refractivity contribution in [2.75, 3.05) is 5.32 Å². The Balaban J connectivity index is 1.78. The molecule has 3 rings (SSSR count). The Kier molecular flexibility index (Phi) is 3.74. The van der Waals surface area contributed by atoms with Crippen LogP contribution >= 0.6 is 0 Å². The lowest BCUT2D eigenvalue weighted by molar-refractivity contribution is 0.0988. The van der Waals surface area contributed by atoms with Crippen LogP contribution in [-0.2, 0) is 0 Å². The second kappa shape index (κ2) is 5.85. The zero-order valence-electron chi connectivity index (χ0n) is 12.5. The van der Waals surface area contributed by atoms with Crippen LogP contribution in [0.15, 0.2) is 59.1 Å². The summed E-state index contributed by atoms with van der Waals surface area (Å²) in [5.74, 6) is -0.117. The van der Waals surface area contributed by atoms with Gasteiger partial charge in [-0.2, -0.15) is 0 Å². The summed E-state index contributed by atoms with van der Waals surface area (Å²) in [6.07, 6.45) is 0. The summed E-state index contributed by atoms with van der Waals surface area (Å²) in [4.78, 5) is 12.2. The van der Waals surface area contributed by atoms with Crippen LogP contribution in [0.25, 0.3) is 11.3 Å². The van der Waals surface area contributed by atoms with Crippen molar-refractivity contribution in [3.8, 4) is 11.3 Å². The summed E-state index contributed by atoms with van der Waals surface area (Å²) in [5.41, 5.74) is 4.55. The number of carbonyl (C=O) groups is 1. The minimum atomic E-state index is -0.309. The SMILES string of the molecule is Cc1ccc(-c2cc(C(=O)Nc3cccc(C)c3)on2)cc1. The highest BCUT2D eigenvalue weighted by Gasteiger charge is 2.14. The molecule has 22 heavy (non-hydrogen) atoms. The number of nitrogens with zero attached hydrogens (tertiary/aromatic N) is 1. The summed E-state index contributed by atoms with van der Waals surface area (Å²) in [7, 11) is 0. The summed E-state index contributed by atoms with van der Waals surface area (Å²) >= 11 is 0. The van der Waals surface area contributed by atoms with Crippen LogP contribution in [0.3, 0.4) is 0 Å². The van der Waals surface area contributed by atoms with Gasteiger partial charge in [0.2, 0.25) is 5.76 Å². The number of aryl methyl sites for hydroxylation is 2. The van der Waals surface area contributed by atoms with E-state index in [9.17, 15) is 4.79 Å². The van der Waals surface area contributed by atoms with E-state index in [1.54, 1.807) is 6.07 Å². The van der Waals surface area contributed by atoms with Crippen molar-refractivity contribution in [1.29, 1.82) is 0 Å². The van der Waals surface area contributed by atoms with Crippen LogP contribution in [0, 0.1) is 13.8 Å². The van der Waals surface area contributed by atoms with E-state index < -0.39 is 0 Å². The van der Waals surface area contributed by atoms with Crippen molar-refractivity contribution in [1.82, 2.24) is 5.16 Å². The Morgan fingerprint density at radius 2 is 1.77 bits per heavy atom. The zero-order chi connectivity index (χ0) is 15.5. The number of amides is 1. The van der Waals surface area contributed by atoms with Crippen molar-refractivity contribution in [2.45, 2.75) is 13.8 Å². The topological polar surface area (TPSA) is 55.1 Å². The molecule has 0 spiro atoms. The summed E-state index contributed by atoms with van der Waals surface area (Å²) in [5, 5.41) is 6.76. The molecule has 0 aliphatic rings. The van der Waals surface area contributed by atoms with E-state index in [-0.39, 0.29) is 11.7 Å². The lowest BCUT2D eigenvalue weighted by Gasteiger charge is -2.02. The van der Waals surface area contributed by atoms with E-state index in [0.717, 1.165) is 16.8 Å². The van der Waals surface area contributed by atoms with Crippen molar-refractivity contribution in [3.05, 3.63) is 71.5 Å². The molecule has 0 aliphatic heterocycles. The van der Waals surface area contributed by atoms with Gasteiger partial charge in [-0.15, -0.1) is 0 Å². The van der Waals surface area contributed by atoms with E-state index >= 15 is 0 Å². The minimum absolute atomic E-state index is 0.192. The highest BCUT2D eigenvalue weighted by atomic mass is 16.5. The summed E-state index contributed by atoms with van der Waals surface area (Å²) in [6, 6.07) is 17.1. The molecule has 1 N–H and O–H groups in total. The first-order valence-corrected chi connectivity index (χ1v) is 7.03. The maximum Gasteiger partial charge on any atom is 0.294 e. The average Bonchev–Trinajstić information content (AvgIpc) is 2.98. The normalized spacial score (nSPS) is 10.5. The van der Waals surface area contributed by atoms with Crippen LogP contribution < -0.4 is 5.32 Å². The van der Waals surface area contributed by atoms with Crippen molar-refractivity contribution in [3.63, 3.8) is 0 Å². The van der Waals surface area contributed by atoms with Gasteiger partial charge in [0.05, 0.1) is 0 Å². The van der Waals surface area contributed by atoms with Gasteiger partial charge >= 0.3 is 0 Å². The van der Waals surface area contributed by atoms with Crippen molar-refractivity contribution < 1.29 is 9.32 Å². The third-order valence-electron chi connectivity index (χ3n) is 3.36. The van der Waals surface area contributed by atoms with Crippen molar-refractivity contribution in [2.24, 2.45) is 0 Å². The number of rotatable bonds is 3. The second-order valence-electron chi connectivity index (χ2n) is 5.27. The first kappa shape index (κ1) is 14.1. The quantitative estimate of drug-likeness (QED) is 0.786. The van der Waals surface area contributed by atoms with E-state index in [2.05, 4.69) is 10.5 Å². The Bertz CT molecular complexity index is 804. The average molecular weight is 292 g/mol. The third kappa shape index (κ3) is 3.06.